The molecule has 0 fully saturated rings. The van der Waals surface area contributed by atoms with Crippen LogP contribution in [-0.2, 0) is 9.53 Å². The molecular formula is C5H7NaO3. The molecule has 0 aliphatic carbocycles. The molecule has 4 heteroatoms. The number of ether oxygens (including phenoxy) is 1. The summed E-state index contributed by atoms with van der Waals surface area (Å²) in [5.41, 5.74) is 0. The topological polar surface area (TPSA) is 49.4 Å². The number of carbonyl (C=O) groups is 1. The zero-order chi connectivity index (χ0) is 6.57. The minimum Gasteiger partial charge on any atom is -0.875 e. The molecule has 9 heavy (non-hydrogen) atoms. The first kappa shape index (κ1) is 11.8. The van der Waals surface area contributed by atoms with Gasteiger partial charge in [-0.3, -0.25) is 0 Å². The number of carbonyl (C=O) groups excluding carboxylic acids is 1. The first-order valence-corrected chi connectivity index (χ1v) is 2.10. The molecule has 0 amide bonds. The number of esters is 1. The van der Waals surface area contributed by atoms with Crippen molar-refractivity contribution in [3.63, 3.8) is 0 Å². The van der Waals surface area contributed by atoms with E-state index < -0.39 is 5.97 Å². The molecule has 0 N–H and O–H groups in total. The van der Waals surface area contributed by atoms with Crippen molar-refractivity contribution < 1.29 is 44.2 Å². The van der Waals surface area contributed by atoms with Gasteiger partial charge in [-0.25, -0.2) is 4.79 Å². The molecule has 0 spiro atoms. The smallest absolute Gasteiger partial charge is 0.875 e. The van der Waals surface area contributed by atoms with Crippen molar-refractivity contribution >= 4 is 5.97 Å². The van der Waals surface area contributed by atoms with E-state index in [0.717, 1.165) is 6.08 Å². The second-order valence-corrected chi connectivity index (χ2v) is 1.28. The van der Waals surface area contributed by atoms with Crippen LogP contribution in [0.15, 0.2) is 11.8 Å². The summed E-state index contributed by atoms with van der Waals surface area (Å²) in [5.74, 6) is -0.894. The Bertz CT molecular complexity index is 115. The van der Waals surface area contributed by atoms with Crippen LogP contribution in [0.4, 0.5) is 0 Å². The quantitative estimate of drug-likeness (QED) is 0.163. The summed E-state index contributed by atoms with van der Waals surface area (Å²) < 4.78 is 4.15. The predicted molar refractivity (Wildman–Crippen MR) is 25.8 cm³/mol. The van der Waals surface area contributed by atoms with Gasteiger partial charge < -0.3 is 9.84 Å². The third kappa shape index (κ3) is 8.01. The maximum absolute atomic E-state index is 10.1. The predicted octanol–water partition coefficient (Wildman–Crippen LogP) is -3.57. The van der Waals surface area contributed by atoms with Crippen LogP contribution in [0.5, 0.6) is 0 Å². The van der Waals surface area contributed by atoms with Crippen molar-refractivity contribution in [2.45, 2.75) is 6.92 Å². The standard InChI is InChI=1S/C5H8O3.Na/c1-4(6)3-5(7)8-2;/h3,6H,1-2H3;/q;+1/p-1/b4-3-;. The minimum absolute atomic E-state index is 0. The summed E-state index contributed by atoms with van der Waals surface area (Å²) in [5, 5.41) is 10.1. The molecule has 0 rings (SSSR count). The Morgan fingerprint density at radius 3 is 2.22 bits per heavy atom. The SMILES string of the molecule is COC(=O)/C=C(/C)[O-].[Na+]. The van der Waals surface area contributed by atoms with Gasteiger partial charge >= 0.3 is 35.5 Å². The molecule has 0 atom stereocenters. The van der Waals surface area contributed by atoms with Crippen LogP contribution in [0.3, 0.4) is 0 Å². The Hall–Kier alpha value is 0.0100. The molecule has 0 aliphatic rings. The fourth-order valence-electron chi connectivity index (χ4n) is 0.225. The van der Waals surface area contributed by atoms with Gasteiger partial charge in [-0.1, -0.05) is 6.92 Å². The van der Waals surface area contributed by atoms with Crippen molar-refractivity contribution in [3.8, 4) is 0 Å². The summed E-state index contributed by atoms with van der Waals surface area (Å²) in [6.45, 7) is 1.29. The monoisotopic (exact) mass is 138 g/mol. The van der Waals surface area contributed by atoms with Crippen molar-refractivity contribution in [2.24, 2.45) is 0 Å². The van der Waals surface area contributed by atoms with Crippen LogP contribution >= 0.6 is 0 Å². The van der Waals surface area contributed by atoms with Crippen LogP contribution in [-0.4, -0.2) is 13.1 Å². The first-order chi connectivity index (χ1) is 3.66. The van der Waals surface area contributed by atoms with Gasteiger partial charge in [-0.05, 0) is 0 Å². The average molecular weight is 138 g/mol. The van der Waals surface area contributed by atoms with Gasteiger partial charge in [-0.2, -0.15) is 0 Å². The molecule has 0 unspecified atom stereocenters. The van der Waals surface area contributed by atoms with Gasteiger partial charge in [0.2, 0.25) is 0 Å². The van der Waals surface area contributed by atoms with Crippen molar-refractivity contribution in [1.82, 2.24) is 0 Å². The molecule has 0 heterocycles. The average Bonchev–Trinajstić information content (AvgIpc) is 1.65. The molecule has 0 aliphatic heterocycles. The third-order valence-electron chi connectivity index (χ3n) is 0.522. The third-order valence-corrected chi connectivity index (χ3v) is 0.522. The van der Waals surface area contributed by atoms with Crippen LogP contribution in [0.2, 0.25) is 0 Å². The molecule has 0 aromatic carbocycles. The summed E-state index contributed by atoms with van der Waals surface area (Å²) in [6.07, 6.45) is 0.889. The molecule has 0 saturated heterocycles. The second kappa shape index (κ2) is 6.13. The summed E-state index contributed by atoms with van der Waals surface area (Å²) >= 11 is 0. The molecule has 0 saturated carbocycles. The molecular weight excluding hydrogens is 131 g/mol. The number of methoxy groups -OCH3 is 1. The zero-order valence-corrected chi connectivity index (χ0v) is 7.80. The molecule has 46 valence electrons. The van der Waals surface area contributed by atoms with E-state index in [9.17, 15) is 9.90 Å². The van der Waals surface area contributed by atoms with Crippen molar-refractivity contribution in [2.75, 3.05) is 7.11 Å². The van der Waals surface area contributed by atoms with Crippen LogP contribution in [0.25, 0.3) is 0 Å². The second-order valence-electron chi connectivity index (χ2n) is 1.28. The summed E-state index contributed by atoms with van der Waals surface area (Å²) in [7, 11) is 1.22. The maximum Gasteiger partial charge on any atom is 1.00 e. The number of hydrogen-bond donors (Lipinski definition) is 0. The molecule has 0 radical (unpaired) electrons. The van der Waals surface area contributed by atoms with E-state index in [1.807, 2.05) is 0 Å². The fraction of sp³-hybridized carbons (Fsp3) is 0.400. The molecule has 0 aromatic rings. The van der Waals surface area contributed by atoms with Gasteiger partial charge in [0, 0.05) is 6.08 Å². The van der Waals surface area contributed by atoms with Gasteiger partial charge in [-0.15, -0.1) is 5.76 Å². The minimum atomic E-state index is -0.600. The van der Waals surface area contributed by atoms with Crippen LogP contribution < -0.4 is 34.7 Å². The van der Waals surface area contributed by atoms with E-state index in [4.69, 9.17) is 0 Å². The fourth-order valence-corrected chi connectivity index (χ4v) is 0.225. The Balaban J connectivity index is 0. The van der Waals surface area contributed by atoms with Gasteiger partial charge in [0.25, 0.3) is 0 Å². The first-order valence-electron chi connectivity index (χ1n) is 2.10. The van der Waals surface area contributed by atoms with Gasteiger partial charge in [0.15, 0.2) is 0 Å². The van der Waals surface area contributed by atoms with E-state index in [1.54, 1.807) is 0 Å². The Kier molecular flexibility index (Phi) is 8.02. The van der Waals surface area contributed by atoms with Gasteiger partial charge in [0.05, 0.1) is 7.11 Å². The number of rotatable bonds is 1. The largest absolute Gasteiger partial charge is 1.00 e. The van der Waals surface area contributed by atoms with E-state index in [2.05, 4.69) is 4.74 Å². The summed E-state index contributed by atoms with van der Waals surface area (Å²) in [4.78, 5) is 10.1. The van der Waals surface area contributed by atoms with Crippen LogP contribution in [0.1, 0.15) is 6.92 Å². The van der Waals surface area contributed by atoms with Crippen molar-refractivity contribution in [1.29, 1.82) is 0 Å². The van der Waals surface area contributed by atoms with E-state index in [1.165, 1.54) is 14.0 Å². The number of allylic oxidation sites excluding steroid dienone is 1. The van der Waals surface area contributed by atoms with E-state index in [-0.39, 0.29) is 35.3 Å². The summed E-state index contributed by atoms with van der Waals surface area (Å²) in [6, 6.07) is 0. The Labute approximate surface area is 76.0 Å². The molecule has 0 bridgehead atoms. The molecule has 3 nitrogen and oxygen atoms in total. The van der Waals surface area contributed by atoms with E-state index >= 15 is 0 Å². The van der Waals surface area contributed by atoms with E-state index in [0.29, 0.717) is 0 Å². The normalized spacial score (nSPS) is 9.78. The Morgan fingerprint density at radius 1 is 1.67 bits per heavy atom. The Morgan fingerprint density at radius 2 is 2.11 bits per heavy atom. The molecule has 0 aromatic heterocycles. The number of hydrogen-bond acceptors (Lipinski definition) is 3. The van der Waals surface area contributed by atoms with Crippen molar-refractivity contribution in [3.05, 3.63) is 11.8 Å². The zero-order valence-electron chi connectivity index (χ0n) is 5.80. The maximum atomic E-state index is 10.1. The van der Waals surface area contributed by atoms with Gasteiger partial charge in [0.1, 0.15) is 0 Å². The van der Waals surface area contributed by atoms with Crippen LogP contribution in [0, 0.1) is 0 Å².